The molecule has 0 saturated heterocycles. The van der Waals surface area contributed by atoms with Gasteiger partial charge in [-0.15, -0.1) is 0 Å². The minimum atomic E-state index is 0.164. The van der Waals surface area contributed by atoms with Crippen molar-refractivity contribution in [1.82, 2.24) is 9.78 Å². The van der Waals surface area contributed by atoms with Gasteiger partial charge in [0.1, 0.15) is 0 Å². The second-order valence-electron chi connectivity index (χ2n) is 4.86. The van der Waals surface area contributed by atoms with Crippen molar-refractivity contribution in [2.24, 2.45) is 5.92 Å². The zero-order valence-corrected chi connectivity index (χ0v) is 10.5. The summed E-state index contributed by atoms with van der Waals surface area (Å²) in [4.78, 5) is 0. The highest BCUT2D eigenvalue weighted by Crippen LogP contribution is 2.34. The van der Waals surface area contributed by atoms with Crippen LogP contribution in [0.15, 0.2) is 30.5 Å². The number of nitrogens with zero attached hydrogens (tertiary/aromatic N) is 3. The first kappa shape index (κ1) is 11.8. The lowest BCUT2D eigenvalue weighted by Gasteiger charge is -2.24. The Kier molecular flexibility index (Phi) is 2.96. The zero-order valence-electron chi connectivity index (χ0n) is 10.5. The lowest BCUT2D eigenvalue weighted by molar-refractivity contribution is 0.325. The first-order valence-electron chi connectivity index (χ1n) is 6.40. The maximum absolute atomic E-state index is 10.2. The molecule has 1 fully saturated rings. The van der Waals surface area contributed by atoms with E-state index in [-0.39, 0.29) is 5.88 Å². The predicted octanol–water partition coefficient (Wildman–Crippen LogP) is 2.94. The van der Waals surface area contributed by atoms with E-state index in [1.807, 2.05) is 18.7 Å². The number of aromatic nitrogens is 2. The first-order valence-corrected chi connectivity index (χ1v) is 6.40. The van der Waals surface area contributed by atoms with Crippen molar-refractivity contribution in [1.29, 1.82) is 5.26 Å². The van der Waals surface area contributed by atoms with E-state index in [4.69, 9.17) is 5.26 Å². The zero-order chi connectivity index (χ0) is 13.2. The van der Waals surface area contributed by atoms with Gasteiger partial charge in [-0.05, 0) is 36.5 Å². The number of hydrogen-bond donors (Lipinski definition) is 1. The van der Waals surface area contributed by atoms with E-state index < -0.39 is 0 Å². The third kappa shape index (κ3) is 2.19. The van der Waals surface area contributed by atoms with Crippen molar-refractivity contribution < 1.29 is 5.11 Å². The highest BCUT2D eigenvalue weighted by Gasteiger charge is 2.21. The van der Waals surface area contributed by atoms with Gasteiger partial charge in [0.15, 0.2) is 0 Å². The van der Waals surface area contributed by atoms with E-state index in [1.165, 1.54) is 19.3 Å². The summed E-state index contributed by atoms with van der Waals surface area (Å²) in [5.41, 5.74) is 2.17. The second kappa shape index (κ2) is 4.77. The van der Waals surface area contributed by atoms with Gasteiger partial charge in [0.25, 0.3) is 0 Å². The highest BCUT2D eigenvalue weighted by atomic mass is 16.3. The minimum absolute atomic E-state index is 0.164. The van der Waals surface area contributed by atoms with Crippen molar-refractivity contribution in [3.63, 3.8) is 0 Å². The van der Waals surface area contributed by atoms with Gasteiger partial charge >= 0.3 is 0 Å². The average Bonchev–Trinajstić information content (AvgIpc) is 2.75. The lowest BCUT2D eigenvalue weighted by atomic mass is 9.85. The normalized spacial score (nSPS) is 14.9. The molecule has 3 rings (SSSR count). The van der Waals surface area contributed by atoms with Crippen LogP contribution < -0.4 is 0 Å². The van der Waals surface area contributed by atoms with Crippen LogP contribution in [-0.4, -0.2) is 14.9 Å². The fourth-order valence-electron chi connectivity index (χ4n) is 2.18. The molecule has 19 heavy (non-hydrogen) atoms. The fraction of sp³-hybridized carbons (Fsp3) is 0.267. The van der Waals surface area contributed by atoms with Gasteiger partial charge < -0.3 is 5.11 Å². The molecule has 1 aliphatic rings. The molecule has 2 aromatic rings. The molecule has 1 aromatic carbocycles. The van der Waals surface area contributed by atoms with E-state index in [1.54, 1.807) is 23.0 Å². The molecular weight excluding hydrogens is 238 g/mol. The van der Waals surface area contributed by atoms with Crippen molar-refractivity contribution in [3.05, 3.63) is 42.6 Å². The van der Waals surface area contributed by atoms with E-state index in [0.29, 0.717) is 17.0 Å². The minimum Gasteiger partial charge on any atom is -0.493 e. The smallest absolute Gasteiger partial charge is 0.217 e. The van der Waals surface area contributed by atoms with Crippen molar-refractivity contribution in [2.75, 3.05) is 0 Å². The summed E-state index contributed by atoms with van der Waals surface area (Å²) in [6, 6.07) is 9.20. The van der Waals surface area contributed by atoms with Crippen LogP contribution in [-0.2, 0) is 0 Å². The predicted molar refractivity (Wildman–Crippen MR) is 71.1 cm³/mol. The summed E-state index contributed by atoms with van der Waals surface area (Å²) >= 11 is 0. The van der Waals surface area contributed by atoms with Crippen LogP contribution in [0.2, 0.25) is 0 Å². The standard InChI is InChI=1S/C15H14N3O/c16-8-11-4-6-13(7-5-11)14-9-17-18(15(14)19)10-12-2-1-3-12/h4-7,9-10,12,19H,1-3H2. The molecule has 1 aromatic heterocycles. The first-order chi connectivity index (χ1) is 9.28. The van der Waals surface area contributed by atoms with Gasteiger partial charge in [-0.25, -0.2) is 4.68 Å². The highest BCUT2D eigenvalue weighted by molar-refractivity contribution is 5.68. The SMILES string of the molecule is N#Cc1ccc(-c2cnn([CH]C3CCC3)c2O)cc1. The number of benzene rings is 1. The van der Waals surface area contributed by atoms with E-state index in [2.05, 4.69) is 11.2 Å². The van der Waals surface area contributed by atoms with Crippen LogP contribution in [0.25, 0.3) is 11.1 Å². The third-order valence-electron chi connectivity index (χ3n) is 3.60. The Morgan fingerprint density at radius 1 is 1.32 bits per heavy atom. The third-order valence-corrected chi connectivity index (χ3v) is 3.60. The molecule has 1 aliphatic carbocycles. The number of rotatable bonds is 3. The quantitative estimate of drug-likeness (QED) is 0.913. The number of nitriles is 1. The van der Waals surface area contributed by atoms with E-state index in [9.17, 15) is 5.11 Å². The monoisotopic (exact) mass is 252 g/mol. The average molecular weight is 252 g/mol. The Labute approximate surface area is 111 Å². The molecule has 1 N–H and O–H groups in total. The second-order valence-corrected chi connectivity index (χ2v) is 4.86. The molecule has 0 amide bonds. The van der Waals surface area contributed by atoms with Gasteiger partial charge in [0.05, 0.1) is 29.9 Å². The van der Waals surface area contributed by atoms with Crippen LogP contribution in [0, 0.1) is 23.8 Å². The van der Waals surface area contributed by atoms with Gasteiger partial charge in [-0.1, -0.05) is 18.6 Å². The summed E-state index contributed by atoms with van der Waals surface area (Å²) < 4.78 is 1.55. The van der Waals surface area contributed by atoms with Gasteiger partial charge in [-0.2, -0.15) is 10.4 Å². The molecule has 0 atom stereocenters. The summed E-state index contributed by atoms with van der Waals surface area (Å²) in [6.07, 6.45) is 5.26. The Balaban J connectivity index is 1.85. The van der Waals surface area contributed by atoms with Gasteiger partial charge in [0.2, 0.25) is 5.88 Å². The van der Waals surface area contributed by atoms with Gasteiger partial charge in [0, 0.05) is 0 Å². The van der Waals surface area contributed by atoms with Gasteiger partial charge in [-0.3, -0.25) is 0 Å². The van der Waals surface area contributed by atoms with Crippen LogP contribution in [0.1, 0.15) is 24.8 Å². The van der Waals surface area contributed by atoms with Crippen molar-refractivity contribution in [3.8, 4) is 23.1 Å². The Bertz CT molecular complexity index is 618. The van der Waals surface area contributed by atoms with Crippen molar-refractivity contribution in [2.45, 2.75) is 19.3 Å². The molecule has 0 spiro atoms. The van der Waals surface area contributed by atoms with Crippen molar-refractivity contribution >= 4 is 0 Å². The molecule has 95 valence electrons. The fourth-order valence-corrected chi connectivity index (χ4v) is 2.18. The van der Waals surface area contributed by atoms with Crippen LogP contribution in [0.3, 0.4) is 0 Å². The largest absolute Gasteiger partial charge is 0.493 e. The van der Waals surface area contributed by atoms with Crippen LogP contribution in [0.5, 0.6) is 5.88 Å². The molecular formula is C15H14N3O. The molecule has 0 unspecified atom stereocenters. The maximum Gasteiger partial charge on any atom is 0.217 e. The van der Waals surface area contributed by atoms with Crippen LogP contribution >= 0.6 is 0 Å². The van der Waals surface area contributed by atoms with E-state index in [0.717, 1.165) is 5.56 Å². The Morgan fingerprint density at radius 3 is 2.63 bits per heavy atom. The molecule has 4 nitrogen and oxygen atoms in total. The number of aromatic hydroxyl groups is 1. The number of hydrogen-bond acceptors (Lipinski definition) is 3. The molecule has 0 bridgehead atoms. The lowest BCUT2D eigenvalue weighted by Crippen LogP contribution is -2.16. The summed E-state index contributed by atoms with van der Waals surface area (Å²) in [5.74, 6) is 0.691. The molecule has 1 radical (unpaired) electrons. The maximum atomic E-state index is 10.2. The molecule has 1 heterocycles. The summed E-state index contributed by atoms with van der Waals surface area (Å²) in [6.45, 7) is 1.98. The Hall–Kier alpha value is -2.28. The topological polar surface area (TPSA) is 61.8 Å². The summed E-state index contributed by atoms with van der Waals surface area (Å²) in [5, 5.41) is 23.2. The Morgan fingerprint density at radius 2 is 2.05 bits per heavy atom. The van der Waals surface area contributed by atoms with Crippen LogP contribution in [0.4, 0.5) is 0 Å². The summed E-state index contributed by atoms with van der Waals surface area (Å²) in [7, 11) is 0. The molecule has 0 aliphatic heterocycles. The molecule has 1 saturated carbocycles. The molecule has 4 heteroatoms. The van der Waals surface area contributed by atoms with E-state index >= 15 is 0 Å².